The molecule has 0 spiro atoms. The lowest BCUT2D eigenvalue weighted by molar-refractivity contribution is -0.146. The predicted molar refractivity (Wildman–Crippen MR) is 85.2 cm³/mol. The molecule has 0 aliphatic heterocycles. The minimum absolute atomic E-state index is 0.0819. The smallest absolute Gasteiger partial charge is 0.426 e. The fourth-order valence-electron chi connectivity index (χ4n) is 1.35. The zero-order valence-corrected chi connectivity index (χ0v) is 14.6. The molecule has 9 nitrogen and oxygen atoms in total. The van der Waals surface area contributed by atoms with Crippen LogP contribution in [0.1, 0.15) is 20.8 Å². The van der Waals surface area contributed by atoms with Gasteiger partial charge in [-0.2, -0.15) is 0 Å². The summed E-state index contributed by atoms with van der Waals surface area (Å²) in [6.45, 7) is 4.44. The molecule has 0 saturated heterocycles. The molecule has 0 fully saturated rings. The summed E-state index contributed by atoms with van der Waals surface area (Å²) in [7, 11) is 2.51. The second kappa shape index (κ2) is 9.26. The number of hydrazine groups is 1. The zero-order valence-electron chi connectivity index (χ0n) is 13.7. The van der Waals surface area contributed by atoms with E-state index in [0.717, 1.165) is 17.5 Å². The summed E-state index contributed by atoms with van der Waals surface area (Å²) in [5.41, 5.74) is 1.53. The molecule has 0 aromatic heterocycles. The highest BCUT2D eigenvalue weighted by Gasteiger charge is 2.25. The van der Waals surface area contributed by atoms with Crippen molar-refractivity contribution >= 4 is 30.6 Å². The largest absolute Gasteiger partial charge is 0.467 e. The van der Waals surface area contributed by atoms with Crippen molar-refractivity contribution in [3.63, 3.8) is 0 Å². The van der Waals surface area contributed by atoms with E-state index >= 15 is 0 Å². The quantitative estimate of drug-likeness (QED) is 0.227. The van der Waals surface area contributed by atoms with E-state index in [1.807, 2.05) is 0 Å². The molecular weight excluding hydrogens is 326 g/mol. The number of aliphatic hydroxyl groups excluding tert-OH is 1. The number of ether oxygens (including phenoxy) is 2. The van der Waals surface area contributed by atoms with Crippen LogP contribution >= 0.6 is 12.6 Å². The third kappa shape index (κ3) is 7.75. The first-order chi connectivity index (χ1) is 10.6. The molecule has 2 amide bonds. The summed E-state index contributed by atoms with van der Waals surface area (Å²) < 4.78 is 9.49. The number of rotatable bonds is 6. The highest BCUT2D eigenvalue weighted by atomic mass is 32.1. The summed E-state index contributed by atoms with van der Waals surface area (Å²) in [5, 5.41) is 13.5. The topological polar surface area (TPSA) is 117 Å². The second-order valence-corrected chi connectivity index (χ2v) is 5.68. The number of esters is 1. The van der Waals surface area contributed by atoms with Crippen LogP contribution in [0.2, 0.25) is 0 Å². The molecule has 0 heterocycles. The monoisotopic (exact) mass is 349 g/mol. The molecule has 23 heavy (non-hydrogen) atoms. The Morgan fingerprint density at radius 1 is 1.35 bits per heavy atom. The van der Waals surface area contributed by atoms with Gasteiger partial charge in [-0.25, -0.2) is 15.0 Å². The van der Waals surface area contributed by atoms with Crippen molar-refractivity contribution < 1.29 is 29.0 Å². The Morgan fingerprint density at radius 2 is 1.91 bits per heavy atom. The summed E-state index contributed by atoms with van der Waals surface area (Å²) in [5.74, 6) is -1.55. The molecule has 0 saturated carbocycles. The Hall–Kier alpha value is -1.94. The Labute approximate surface area is 140 Å². The van der Waals surface area contributed by atoms with E-state index in [1.54, 1.807) is 20.8 Å². The zero-order chi connectivity index (χ0) is 18.2. The number of hydrogen-bond acceptors (Lipinski definition) is 8. The van der Waals surface area contributed by atoms with Crippen LogP contribution in [0.15, 0.2) is 11.1 Å². The summed E-state index contributed by atoms with van der Waals surface area (Å²) in [4.78, 5) is 35.1. The minimum atomic E-state index is -1.23. The predicted octanol–water partition coefficient (Wildman–Crippen LogP) is -0.221. The van der Waals surface area contributed by atoms with Crippen molar-refractivity contribution in [1.82, 2.24) is 15.8 Å². The average molecular weight is 349 g/mol. The van der Waals surface area contributed by atoms with Gasteiger partial charge < -0.3 is 19.9 Å². The van der Waals surface area contributed by atoms with Gasteiger partial charge >= 0.3 is 12.1 Å². The van der Waals surface area contributed by atoms with Gasteiger partial charge in [-0.3, -0.25) is 9.80 Å². The van der Waals surface area contributed by atoms with Crippen molar-refractivity contribution in [3.8, 4) is 0 Å². The van der Waals surface area contributed by atoms with Gasteiger partial charge in [0, 0.05) is 7.05 Å². The Morgan fingerprint density at radius 3 is 2.30 bits per heavy atom. The molecule has 0 aromatic rings. The highest BCUT2D eigenvalue weighted by molar-refractivity contribution is 7.83. The van der Waals surface area contributed by atoms with Gasteiger partial charge in [0.15, 0.2) is 6.04 Å². The Kier molecular flexibility index (Phi) is 8.47. The van der Waals surface area contributed by atoms with Crippen molar-refractivity contribution in [2.75, 3.05) is 20.8 Å². The lowest BCUT2D eigenvalue weighted by atomic mass is 10.2. The summed E-state index contributed by atoms with van der Waals surface area (Å²) >= 11 is 3.89. The maximum atomic E-state index is 12.1. The molecule has 0 bridgehead atoms. The normalized spacial score (nSPS) is 12.9. The van der Waals surface area contributed by atoms with E-state index in [1.165, 1.54) is 7.05 Å². The van der Waals surface area contributed by atoms with E-state index in [9.17, 15) is 14.4 Å². The fraction of sp³-hybridized carbons (Fsp3) is 0.615. The van der Waals surface area contributed by atoms with Gasteiger partial charge in [0.05, 0.1) is 13.7 Å². The highest BCUT2D eigenvalue weighted by Crippen LogP contribution is 2.08. The SMILES string of the molecule is COC(=O)[C@H](CO)NC(=O)/C(=C/S)N(C)NC(=O)OC(C)(C)C. The van der Waals surface area contributed by atoms with Crippen LogP contribution in [0, 0.1) is 0 Å². The molecule has 0 rings (SSSR count). The first-order valence-corrected chi connectivity index (χ1v) is 7.14. The van der Waals surface area contributed by atoms with Gasteiger partial charge in [0.2, 0.25) is 0 Å². The number of nitrogens with one attached hydrogen (secondary N) is 2. The Bertz CT molecular complexity index is 475. The van der Waals surface area contributed by atoms with Crippen LogP contribution in [-0.4, -0.2) is 60.5 Å². The number of methoxy groups -OCH3 is 1. The minimum Gasteiger partial charge on any atom is -0.467 e. The van der Waals surface area contributed by atoms with E-state index in [2.05, 4.69) is 28.1 Å². The van der Waals surface area contributed by atoms with Gasteiger partial charge in [-0.15, -0.1) is 12.6 Å². The van der Waals surface area contributed by atoms with Crippen LogP contribution in [0.25, 0.3) is 0 Å². The molecule has 0 unspecified atom stereocenters. The number of hydrogen-bond donors (Lipinski definition) is 4. The van der Waals surface area contributed by atoms with E-state index in [-0.39, 0.29) is 5.70 Å². The molecule has 1 atom stereocenters. The van der Waals surface area contributed by atoms with E-state index in [0.29, 0.717) is 0 Å². The standard InChI is InChI=1S/C13H23N3O6S/c1-13(2,3)22-12(20)15-16(4)9(7-23)10(18)14-8(6-17)11(19)21-5/h7-8,17,23H,6H2,1-5H3,(H,14,18)(H,15,20)/b9-7-/t8-/m0/s1. The maximum Gasteiger partial charge on any atom is 0.426 e. The van der Waals surface area contributed by atoms with Crippen molar-refractivity contribution in [1.29, 1.82) is 0 Å². The van der Waals surface area contributed by atoms with Crippen LogP contribution in [0.3, 0.4) is 0 Å². The Balaban J connectivity index is 4.84. The van der Waals surface area contributed by atoms with Crippen molar-refractivity contribution in [3.05, 3.63) is 11.1 Å². The number of carbonyl (C=O) groups excluding carboxylic acids is 3. The fourth-order valence-corrected chi connectivity index (χ4v) is 1.64. The number of carbonyl (C=O) groups is 3. The molecule has 0 aromatic carbocycles. The number of thiol groups is 1. The third-order valence-corrected chi connectivity index (χ3v) is 2.59. The molecule has 0 aliphatic carbocycles. The first kappa shape index (κ1) is 21.1. The molecule has 0 radical (unpaired) electrons. The molecule has 0 aliphatic rings. The summed E-state index contributed by atoms with van der Waals surface area (Å²) in [6.07, 6.45) is -0.771. The molecule has 3 N–H and O–H groups in total. The van der Waals surface area contributed by atoms with E-state index < -0.39 is 36.2 Å². The van der Waals surface area contributed by atoms with Crippen LogP contribution in [0.5, 0.6) is 0 Å². The lowest BCUT2D eigenvalue weighted by Crippen LogP contribution is -2.49. The lowest BCUT2D eigenvalue weighted by Gasteiger charge is -2.26. The van der Waals surface area contributed by atoms with Crippen LogP contribution < -0.4 is 10.7 Å². The first-order valence-electron chi connectivity index (χ1n) is 6.63. The second-order valence-electron chi connectivity index (χ2n) is 5.42. The maximum absolute atomic E-state index is 12.1. The van der Waals surface area contributed by atoms with Crippen molar-refractivity contribution in [2.24, 2.45) is 0 Å². The molecular formula is C13H23N3O6S. The molecule has 10 heteroatoms. The average Bonchev–Trinajstić information content (AvgIpc) is 2.42. The van der Waals surface area contributed by atoms with Crippen molar-refractivity contribution in [2.45, 2.75) is 32.4 Å². The van der Waals surface area contributed by atoms with Gasteiger partial charge in [0.1, 0.15) is 11.3 Å². The van der Waals surface area contributed by atoms with E-state index in [4.69, 9.17) is 9.84 Å². The van der Waals surface area contributed by atoms with Gasteiger partial charge in [-0.05, 0) is 26.2 Å². The third-order valence-electron chi connectivity index (χ3n) is 2.35. The van der Waals surface area contributed by atoms with Crippen LogP contribution in [0.4, 0.5) is 4.79 Å². The van der Waals surface area contributed by atoms with Crippen LogP contribution in [-0.2, 0) is 19.1 Å². The summed E-state index contributed by atoms with van der Waals surface area (Å²) in [6, 6.07) is -1.23. The number of nitrogens with zero attached hydrogens (tertiary/aromatic N) is 1. The number of likely N-dealkylation sites (N-methyl/N-ethyl adjacent to an activating group) is 1. The molecule has 132 valence electrons. The number of amides is 2. The van der Waals surface area contributed by atoms with Gasteiger partial charge in [0.25, 0.3) is 5.91 Å². The van der Waals surface area contributed by atoms with Gasteiger partial charge in [-0.1, -0.05) is 0 Å². The number of aliphatic hydroxyl groups is 1.